The molecule has 112 valence electrons. The highest BCUT2D eigenvalue weighted by atomic mass is 16.5. The van der Waals surface area contributed by atoms with Gasteiger partial charge in [0.2, 0.25) is 0 Å². The zero-order chi connectivity index (χ0) is 14.9. The zero-order valence-electron chi connectivity index (χ0n) is 12.5. The second kappa shape index (κ2) is 5.44. The van der Waals surface area contributed by atoms with Gasteiger partial charge in [-0.15, -0.1) is 0 Å². The first-order valence-electron chi connectivity index (χ1n) is 7.04. The zero-order valence-corrected chi connectivity index (χ0v) is 12.5. The van der Waals surface area contributed by atoms with Gasteiger partial charge >= 0.3 is 5.97 Å². The lowest BCUT2D eigenvalue weighted by molar-refractivity contribution is -0.127. The van der Waals surface area contributed by atoms with E-state index in [1.165, 1.54) is 0 Å². The Balaban J connectivity index is 2.18. The van der Waals surface area contributed by atoms with Gasteiger partial charge in [0.25, 0.3) is 0 Å². The summed E-state index contributed by atoms with van der Waals surface area (Å²) in [4.78, 5) is 15.8. The molecule has 0 aromatic carbocycles. The highest BCUT2D eigenvalue weighted by Gasteiger charge is 2.50. The van der Waals surface area contributed by atoms with Crippen LogP contribution in [0.25, 0.3) is 0 Å². The van der Waals surface area contributed by atoms with Crippen molar-refractivity contribution in [2.45, 2.75) is 46.3 Å². The number of imidazole rings is 1. The minimum Gasteiger partial charge on any atom is -0.461 e. The molecule has 2 N–H and O–H groups in total. The SMILES string of the molecule is CCOC(=O)c1ncn(C2CC(OCC)C2(C)C)c1N. The Labute approximate surface area is 119 Å². The van der Waals surface area contributed by atoms with E-state index in [0.717, 1.165) is 6.42 Å². The summed E-state index contributed by atoms with van der Waals surface area (Å²) in [5.41, 5.74) is 6.21. The van der Waals surface area contributed by atoms with E-state index in [-0.39, 0.29) is 23.3 Å². The number of carbonyl (C=O) groups excluding carboxylic acids is 1. The smallest absolute Gasteiger partial charge is 0.360 e. The maximum atomic E-state index is 11.7. The first-order chi connectivity index (χ1) is 9.43. The van der Waals surface area contributed by atoms with Crippen LogP contribution < -0.4 is 5.73 Å². The predicted molar refractivity (Wildman–Crippen MR) is 75.4 cm³/mol. The van der Waals surface area contributed by atoms with Gasteiger partial charge in [-0.1, -0.05) is 13.8 Å². The summed E-state index contributed by atoms with van der Waals surface area (Å²) in [6.45, 7) is 9.05. The summed E-state index contributed by atoms with van der Waals surface area (Å²) >= 11 is 0. The van der Waals surface area contributed by atoms with E-state index in [4.69, 9.17) is 15.2 Å². The Kier molecular flexibility index (Phi) is 4.04. The van der Waals surface area contributed by atoms with Crippen LogP contribution in [0.2, 0.25) is 0 Å². The van der Waals surface area contributed by atoms with Gasteiger partial charge in [-0.2, -0.15) is 0 Å². The van der Waals surface area contributed by atoms with Gasteiger partial charge in [0.05, 0.1) is 19.0 Å². The number of anilines is 1. The topological polar surface area (TPSA) is 79.4 Å². The van der Waals surface area contributed by atoms with E-state index in [1.807, 2.05) is 11.5 Å². The molecule has 1 aliphatic carbocycles. The molecule has 1 heterocycles. The van der Waals surface area contributed by atoms with Crippen LogP contribution in [0.15, 0.2) is 6.33 Å². The van der Waals surface area contributed by atoms with Crippen LogP contribution in [0, 0.1) is 5.41 Å². The van der Waals surface area contributed by atoms with Crippen LogP contribution in [0.1, 0.15) is 50.6 Å². The summed E-state index contributed by atoms with van der Waals surface area (Å²) < 4.78 is 12.5. The van der Waals surface area contributed by atoms with E-state index < -0.39 is 5.97 Å². The van der Waals surface area contributed by atoms with Gasteiger partial charge in [0, 0.05) is 18.1 Å². The van der Waals surface area contributed by atoms with Crippen LogP contribution in [0.3, 0.4) is 0 Å². The molecule has 1 aromatic heterocycles. The van der Waals surface area contributed by atoms with Crippen molar-refractivity contribution < 1.29 is 14.3 Å². The number of nitrogens with two attached hydrogens (primary N) is 1. The molecule has 6 heteroatoms. The number of aromatic nitrogens is 2. The highest BCUT2D eigenvalue weighted by Crippen LogP contribution is 2.52. The Morgan fingerprint density at radius 1 is 1.50 bits per heavy atom. The van der Waals surface area contributed by atoms with Crippen LogP contribution in [0.5, 0.6) is 0 Å². The molecule has 0 spiro atoms. The number of rotatable bonds is 5. The van der Waals surface area contributed by atoms with Crippen molar-refractivity contribution in [1.29, 1.82) is 0 Å². The summed E-state index contributed by atoms with van der Waals surface area (Å²) in [5, 5.41) is 0. The molecule has 1 saturated carbocycles. The number of nitrogens with zero attached hydrogens (tertiary/aromatic N) is 2. The maximum absolute atomic E-state index is 11.7. The molecule has 1 fully saturated rings. The van der Waals surface area contributed by atoms with Crippen LogP contribution >= 0.6 is 0 Å². The molecule has 2 unspecified atom stereocenters. The molecular weight excluding hydrogens is 258 g/mol. The fraction of sp³-hybridized carbons (Fsp3) is 0.714. The molecule has 0 bridgehead atoms. The Morgan fingerprint density at radius 2 is 2.20 bits per heavy atom. The standard InChI is InChI=1S/C14H23N3O3/c1-5-19-10-7-9(14(10,3)4)17-8-16-11(12(17)15)13(18)20-6-2/h8-10H,5-7,15H2,1-4H3. The quantitative estimate of drug-likeness (QED) is 0.835. The van der Waals surface area contributed by atoms with E-state index in [1.54, 1.807) is 13.3 Å². The summed E-state index contributed by atoms with van der Waals surface area (Å²) in [5.74, 6) is -0.0984. The van der Waals surface area contributed by atoms with Crippen molar-refractivity contribution in [3.8, 4) is 0 Å². The van der Waals surface area contributed by atoms with Crippen LogP contribution in [-0.2, 0) is 9.47 Å². The molecule has 0 saturated heterocycles. The molecule has 2 atom stereocenters. The van der Waals surface area contributed by atoms with Crippen molar-refractivity contribution in [3.05, 3.63) is 12.0 Å². The average molecular weight is 281 g/mol. The van der Waals surface area contributed by atoms with Gasteiger partial charge < -0.3 is 19.8 Å². The number of esters is 1. The second-order valence-corrected chi connectivity index (χ2v) is 5.62. The molecule has 0 amide bonds. The first-order valence-corrected chi connectivity index (χ1v) is 7.04. The number of hydrogen-bond donors (Lipinski definition) is 1. The first kappa shape index (κ1) is 14.8. The third kappa shape index (κ3) is 2.28. The van der Waals surface area contributed by atoms with Crippen LogP contribution in [-0.4, -0.2) is 34.8 Å². The third-order valence-electron chi connectivity index (χ3n) is 4.13. The van der Waals surface area contributed by atoms with Gasteiger partial charge in [0.1, 0.15) is 5.82 Å². The predicted octanol–water partition coefficient (Wildman–Crippen LogP) is 2.02. The van der Waals surface area contributed by atoms with Crippen LogP contribution in [0.4, 0.5) is 5.82 Å². The summed E-state index contributed by atoms with van der Waals surface area (Å²) in [7, 11) is 0. The molecule has 0 aliphatic heterocycles. The molecule has 6 nitrogen and oxygen atoms in total. The minimum absolute atomic E-state index is 0.0310. The van der Waals surface area contributed by atoms with Crippen molar-refractivity contribution in [1.82, 2.24) is 9.55 Å². The minimum atomic E-state index is -0.470. The van der Waals surface area contributed by atoms with E-state index in [0.29, 0.717) is 19.0 Å². The fourth-order valence-corrected chi connectivity index (χ4v) is 2.80. The number of carbonyl (C=O) groups is 1. The Morgan fingerprint density at radius 3 is 2.75 bits per heavy atom. The molecular formula is C14H23N3O3. The number of ether oxygens (including phenoxy) is 2. The van der Waals surface area contributed by atoms with Crippen molar-refractivity contribution >= 4 is 11.8 Å². The largest absolute Gasteiger partial charge is 0.461 e. The maximum Gasteiger partial charge on any atom is 0.360 e. The highest BCUT2D eigenvalue weighted by molar-refractivity contribution is 5.92. The van der Waals surface area contributed by atoms with Gasteiger partial charge in [-0.25, -0.2) is 9.78 Å². The van der Waals surface area contributed by atoms with Gasteiger partial charge in [-0.05, 0) is 20.3 Å². The Bertz CT molecular complexity index is 496. The van der Waals surface area contributed by atoms with Gasteiger partial charge in [-0.3, -0.25) is 0 Å². The van der Waals surface area contributed by atoms with Crippen molar-refractivity contribution in [2.75, 3.05) is 18.9 Å². The third-order valence-corrected chi connectivity index (χ3v) is 4.13. The summed E-state index contributed by atoms with van der Waals surface area (Å²) in [6, 6.07) is 0.190. The summed E-state index contributed by atoms with van der Waals surface area (Å²) in [6.07, 6.45) is 2.71. The fourth-order valence-electron chi connectivity index (χ4n) is 2.80. The molecule has 1 aliphatic rings. The molecule has 20 heavy (non-hydrogen) atoms. The lowest BCUT2D eigenvalue weighted by Crippen LogP contribution is -2.51. The Hall–Kier alpha value is -1.56. The van der Waals surface area contributed by atoms with Crippen molar-refractivity contribution in [3.63, 3.8) is 0 Å². The molecule has 1 aromatic rings. The average Bonchev–Trinajstić information content (AvgIpc) is 2.76. The lowest BCUT2D eigenvalue weighted by atomic mass is 9.64. The second-order valence-electron chi connectivity index (χ2n) is 5.62. The van der Waals surface area contributed by atoms with Crippen molar-refractivity contribution in [2.24, 2.45) is 5.41 Å². The lowest BCUT2D eigenvalue weighted by Gasteiger charge is -2.52. The van der Waals surface area contributed by atoms with Gasteiger partial charge in [0.15, 0.2) is 5.69 Å². The van der Waals surface area contributed by atoms with E-state index in [2.05, 4.69) is 18.8 Å². The number of nitrogen functional groups attached to an aromatic ring is 1. The van der Waals surface area contributed by atoms with E-state index in [9.17, 15) is 4.79 Å². The molecule has 0 radical (unpaired) electrons. The monoisotopic (exact) mass is 281 g/mol. The normalized spacial score (nSPS) is 24.2. The number of hydrogen-bond acceptors (Lipinski definition) is 5. The molecule has 2 rings (SSSR count). The van der Waals surface area contributed by atoms with E-state index >= 15 is 0 Å².